The first kappa shape index (κ1) is 14.5. The number of hydrogen-bond donors (Lipinski definition) is 2. The van der Waals surface area contributed by atoms with Gasteiger partial charge in [0.15, 0.2) is 0 Å². The molecule has 0 radical (unpaired) electrons. The fourth-order valence-corrected chi connectivity index (χ4v) is 3.13. The summed E-state index contributed by atoms with van der Waals surface area (Å²) in [6.07, 6.45) is 7.71. The van der Waals surface area contributed by atoms with Crippen LogP contribution in [0.1, 0.15) is 38.5 Å². The molecule has 18 heavy (non-hydrogen) atoms. The van der Waals surface area contributed by atoms with Crippen molar-refractivity contribution < 1.29 is 4.39 Å². The van der Waals surface area contributed by atoms with Gasteiger partial charge in [-0.3, -0.25) is 0 Å². The lowest BCUT2D eigenvalue weighted by molar-refractivity contribution is 0.495. The van der Waals surface area contributed by atoms with Gasteiger partial charge in [-0.2, -0.15) is 0 Å². The van der Waals surface area contributed by atoms with Crippen LogP contribution in [0.5, 0.6) is 0 Å². The Morgan fingerprint density at radius 3 is 2.50 bits per heavy atom. The fraction of sp³-hybridized carbons (Fsp3) is 0.538. The third kappa shape index (κ3) is 4.06. The second-order valence-corrected chi connectivity index (χ2v) is 6.72. The van der Waals surface area contributed by atoms with Crippen LogP contribution in [-0.4, -0.2) is 6.04 Å². The fourth-order valence-electron chi connectivity index (χ4n) is 2.22. The molecule has 0 saturated heterocycles. The summed E-state index contributed by atoms with van der Waals surface area (Å²) < 4.78 is 14.7. The molecule has 1 saturated carbocycles. The molecule has 100 valence electrons. The molecule has 0 aromatic heterocycles. The minimum Gasteiger partial charge on any atom is -0.320 e. The molecule has 0 spiro atoms. The van der Waals surface area contributed by atoms with Crippen molar-refractivity contribution in [3.8, 4) is 0 Å². The lowest BCUT2D eigenvalue weighted by Crippen LogP contribution is -2.33. The first-order chi connectivity index (χ1) is 8.66. The summed E-state index contributed by atoms with van der Waals surface area (Å²) in [5.74, 6) is -0.223. The van der Waals surface area contributed by atoms with E-state index in [1.807, 2.05) is 0 Å². The molecule has 5 heteroatoms. The highest BCUT2D eigenvalue weighted by Crippen LogP contribution is 2.26. The van der Waals surface area contributed by atoms with Crippen LogP contribution in [0.25, 0.3) is 0 Å². The molecule has 0 unspecified atom stereocenters. The van der Waals surface area contributed by atoms with E-state index < -0.39 is 0 Å². The number of hydrazine groups is 1. The molecule has 1 aliphatic carbocycles. The van der Waals surface area contributed by atoms with E-state index in [4.69, 9.17) is 0 Å². The van der Waals surface area contributed by atoms with Crippen molar-refractivity contribution in [3.05, 3.63) is 26.0 Å². The first-order valence-electron chi connectivity index (χ1n) is 6.33. The number of nitrogens with one attached hydrogen (secondary N) is 2. The highest BCUT2D eigenvalue weighted by Gasteiger charge is 2.12. The SMILES string of the molecule is Fc1cc(I)c(NNC2CCCCCC2)cc1Br. The van der Waals surface area contributed by atoms with Crippen molar-refractivity contribution in [2.45, 2.75) is 44.6 Å². The molecule has 2 nitrogen and oxygen atoms in total. The van der Waals surface area contributed by atoms with E-state index in [1.165, 1.54) is 44.6 Å². The van der Waals surface area contributed by atoms with E-state index in [9.17, 15) is 4.39 Å². The molecule has 0 atom stereocenters. The lowest BCUT2D eigenvalue weighted by atomic mass is 10.1. The molecule has 0 aliphatic heterocycles. The van der Waals surface area contributed by atoms with Crippen molar-refractivity contribution >= 4 is 44.2 Å². The van der Waals surface area contributed by atoms with E-state index in [2.05, 4.69) is 49.4 Å². The minimum absolute atomic E-state index is 0.223. The third-order valence-corrected chi connectivity index (χ3v) is 4.78. The monoisotopic (exact) mass is 426 g/mol. The maximum absolute atomic E-state index is 13.3. The Morgan fingerprint density at radius 1 is 1.17 bits per heavy atom. The van der Waals surface area contributed by atoms with Gasteiger partial charge in [-0.15, -0.1) is 0 Å². The number of halogens is 3. The standard InChI is InChI=1S/C13H17BrFIN2/c14-10-7-13(12(16)8-11(10)15)18-17-9-5-3-1-2-4-6-9/h7-9,17-18H,1-6H2. The molecule has 2 rings (SSSR count). The van der Waals surface area contributed by atoms with Crippen LogP contribution in [0.3, 0.4) is 0 Å². The average molecular weight is 427 g/mol. The quantitative estimate of drug-likeness (QED) is 0.313. The zero-order valence-electron chi connectivity index (χ0n) is 10.1. The van der Waals surface area contributed by atoms with Gasteiger partial charge in [0, 0.05) is 9.61 Å². The van der Waals surface area contributed by atoms with E-state index in [1.54, 1.807) is 6.07 Å². The molecule has 2 N–H and O–H groups in total. The minimum atomic E-state index is -0.223. The second-order valence-electron chi connectivity index (χ2n) is 4.70. The van der Waals surface area contributed by atoms with E-state index >= 15 is 0 Å². The predicted molar refractivity (Wildman–Crippen MR) is 85.1 cm³/mol. The van der Waals surface area contributed by atoms with Crippen LogP contribution in [0.4, 0.5) is 10.1 Å². The molecule has 0 bridgehead atoms. The number of hydrogen-bond acceptors (Lipinski definition) is 2. The third-order valence-electron chi connectivity index (χ3n) is 3.28. The summed E-state index contributed by atoms with van der Waals surface area (Å²) in [5.41, 5.74) is 7.52. The maximum atomic E-state index is 13.3. The molecule has 1 aromatic rings. The smallest absolute Gasteiger partial charge is 0.138 e. The number of anilines is 1. The van der Waals surface area contributed by atoms with Gasteiger partial charge in [0.05, 0.1) is 10.2 Å². The summed E-state index contributed by atoms with van der Waals surface area (Å²) in [4.78, 5) is 0. The van der Waals surface area contributed by atoms with Crippen LogP contribution < -0.4 is 10.9 Å². The van der Waals surface area contributed by atoms with Crippen molar-refractivity contribution in [3.63, 3.8) is 0 Å². The largest absolute Gasteiger partial charge is 0.320 e. The van der Waals surface area contributed by atoms with Crippen LogP contribution in [-0.2, 0) is 0 Å². The van der Waals surface area contributed by atoms with Crippen molar-refractivity contribution in [1.82, 2.24) is 5.43 Å². The summed E-state index contributed by atoms with van der Waals surface area (Å²) in [7, 11) is 0. The molecular formula is C13H17BrFIN2. The van der Waals surface area contributed by atoms with Gasteiger partial charge in [-0.05, 0) is 63.5 Å². The first-order valence-corrected chi connectivity index (χ1v) is 8.20. The second kappa shape index (κ2) is 7.05. The highest BCUT2D eigenvalue weighted by molar-refractivity contribution is 14.1. The molecule has 1 aromatic carbocycles. The van der Waals surface area contributed by atoms with Crippen LogP contribution in [0.2, 0.25) is 0 Å². The topological polar surface area (TPSA) is 24.1 Å². The Labute approximate surface area is 129 Å². The Morgan fingerprint density at radius 2 is 1.83 bits per heavy atom. The predicted octanol–water partition coefficient (Wildman–Crippen LogP) is 4.83. The lowest BCUT2D eigenvalue weighted by Gasteiger charge is -2.18. The van der Waals surface area contributed by atoms with Gasteiger partial charge in [0.1, 0.15) is 5.82 Å². The van der Waals surface area contributed by atoms with Gasteiger partial charge in [0.2, 0.25) is 0 Å². The van der Waals surface area contributed by atoms with Crippen LogP contribution in [0.15, 0.2) is 16.6 Å². The zero-order valence-corrected chi connectivity index (χ0v) is 13.9. The summed E-state index contributed by atoms with van der Waals surface area (Å²) in [6, 6.07) is 3.83. The van der Waals surface area contributed by atoms with Crippen molar-refractivity contribution in [2.24, 2.45) is 0 Å². The molecular weight excluding hydrogens is 410 g/mol. The molecule has 1 fully saturated rings. The Kier molecular flexibility index (Phi) is 5.69. The van der Waals surface area contributed by atoms with Crippen LogP contribution >= 0.6 is 38.5 Å². The summed E-state index contributed by atoms with van der Waals surface area (Å²) >= 11 is 5.35. The Hall–Kier alpha value is 0.120. The zero-order chi connectivity index (χ0) is 13.0. The van der Waals surface area contributed by atoms with Gasteiger partial charge in [-0.1, -0.05) is 25.7 Å². The van der Waals surface area contributed by atoms with Gasteiger partial charge in [-0.25, -0.2) is 9.82 Å². The van der Waals surface area contributed by atoms with E-state index in [0.717, 1.165) is 9.26 Å². The Bertz CT molecular complexity index is 406. The number of rotatable bonds is 3. The van der Waals surface area contributed by atoms with Gasteiger partial charge < -0.3 is 5.43 Å². The van der Waals surface area contributed by atoms with E-state index in [-0.39, 0.29) is 5.82 Å². The maximum Gasteiger partial charge on any atom is 0.138 e. The summed E-state index contributed by atoms with van der Waals surface area (Å²) in [6.45, 7) is 0. The normalized spacial score (nSPS) is 17.5. The van der Waals surface area contributed by atoms with Crippen LogP contribution in [0, 0.1) is 9.39 Å². The van der Waals surface area contributed by atoms with Crippen molar-refractivity contribution in [1.29, 1.82) is 0 Å². The van der Waals surface area contributed by atoms with Gasteiger partial charge >= 0.3 is 0 Å². The number of benzene rings is 1. The van der Waals surface area contributed by atoms with E-state index in [0.29, 0.717) is 10.5 Å². The molecule has 0 amide bonds. The summed E-state index contributed by atoms with van der Waals surface area (Å²) in [5, 5.41) is 0. The molecule has 0 heterocycles. The average Bonchev–Trinajstić information content (AvgIpc) is 2.60. The Balaban J connectivity index is 1.94. The van der Waals surface area contributed by atoms with Gasteiger partial charge in [0.25, 0.3) is 0 Å². The molecule has 1 aliphatic rings. The highest BCUT2D eigenvalue weighted by atomic mass is 127. The van der Waals surface area contributed by atoms with Crippen molar-refractivity contribution in [2.75, 3.05) is 5.43 Å².